The minimum absolute atomic E-state index is 0.136. The fraction of sp³-hybridized carbons (Fsp3) is 0.300. The van der Waals surface area contributed by atoms with E-state index in [2.05, 4.69) is 32.8 Å². The summed E-state index contributed by atoms with van der Waals surface area (Å²) in [6.07, 6.45) is 6.03. The molecule has 94 valence electrons. The zero-order chi connectivity index (χ0) is 12.9. The number of nitrogens with zero attached hydrogens (tertiary/aromatic N) is 1. The Morgan fingerprint density at radius 3 is 2.88 bits per heavy atom. The van der Waals surface area contributed by atoms with Crippen molar-refractivity contribution in [2.45, 2.75) is 6.42 Å². The molecule has 0 rings (SSSR count). The maximum Gasteiger partial charge on any atom is 0.213 e. The molecule has 0 spiro atoms. The maximum absolute atomic E-state index is 10.1. The molecule has 0 bridgehead atoms. The number of amides is 1. The maximum atomic E-state index is 10.1. The molecule has 0 aromatic carbocycles. The largest absolute Gasteiger partial charge is 0.391 e. The molecule has 0 aromatic heterocycles. The van der Waals surface area contributed by atoms with Crippen LogP contribution in [-0.4, -0.2) is 32.2 Å². The van der Waals surface area contributed by atoms with Gasteiger partial charge in [-0.25, -0.2) is 4.99 Å². The average molecular weight is 238 g/mol. The molecule has 0 aliphatic heterocycles. The van der Waals surface area contributed by atoms with Gasteiger partial charge in [-0.1, -0.05) is 6.58 Å². The number of rotatable bonds is 8. The summed E-state index contributed by atoms with van der Waals surface area (Å²) >= 11 is 0. The Balaban J connectivity index is 4.14. The highest BCUT2D eigenvalue weighted by molar-refractivity contribution is 5.87. The molecule has 7 heteroatoms. The van der Waals surface area contributed by atoms with E-state index in [1.807, 2.05) is 0 Å². The van der Waals surface area contributed by atoms with Gasteiger partial charge in [-0.3, -0.25) is 15.5 Å². The van der Waals surface area contributed by atoms with Crippen LogP contribution in [0, 0.1) is 5.41 Å². The predicted molar refractivity (Wildman–Crippen MR) is 68.5 cm³/mol. The molecule has 0 aromatic rings. The van der Waals surface area contributed by atoms with Gasteiger partial charge in [0.05, 0.1) is 0 Å². The average Bonchev–Trinajstić information content (AvgIpc) is 2.29. The van der Waals surface area contributed by atoms with Crippen LogP contribution >= 0.6 is 0 Å². The van der Waals surface area contributed by atoms with Crippen LogP contribution in [0.2, 0.25) is 0 Å². The highest BCUT2D eigenvalue weighted by Gasteiger charge is 1.96. The Labute approximate surface area is 101 Å². The molecule has 0 aliphatic carbocycles. The van der Waals surface area contributed by atoms with Crippen molar-refractivity contribution in [3.63, 3.8) is 0 Å². The Bertz CT molecular complexity index is 310. The normalized spacial score (nSPS) is 10.8. The summed E-state index contributed by atoms with van der Waals surface area (Å²) in [7, 11) is 1.72. The fourth-order valence-electron chi connectivity index (χ4n) is 0.878. The van der Waals surface area contributed by atoms with E-state index in [4.69, 9.17) is 5.41 Å². The Hall–Kier alpha value is -2.31. The lowest BCUT2D eigenvalue weighted by molar-refractivity contribution is -0.108. The van der Waals surface area contributed by atoms with Gasteiger partial charge in [0.15, 0.2) is 0 Å². The zero-order valence-electron chi connectivity index (χ0n) is 9.79. The number of hydrogen-bond donors (Lipinski definition) is 5. The second-order valence-electron chi connectivity index (χ2n) is 2.84. The van der Waals surface area contributed by atoms with Crippen LogP contribution in [0.25, 0.3) is 0 Å². The highest BCUT2D eigenvalue weighted by atomic mass is 16.1. The smallest absolute Gasteiger partial charge is 0.213 e. The molecule has 17 heavy (non-hydrogen) atoms. The molecule has 0 radical (unpaired) electrons. The molecule has 0 heterocycles. The molecular weight excluding hydrogens is 220 g/mol. The quantitative estimate of drug-likeness (QED) is 0.170. The molecule has 5 N–H and O–H groups in total. The van der Waals surface area contributed by atoms with E-state index in [-0.39, 0.29) is 5.96 Å². The van der Waals surface area contributed by atoms with E-state index in [1.54, 1.807) is 25.7 Å². The molecule has 0 saturated carbocycles. The van der Waals surface area contributed by atoms with Crippen LogP contribution in [0.3, 0.4) is 0 Å². The molecule has 7 nitrogen and oxygen atoms in total. The van der Waals surface area contributed by atoms with E-state index >= 15 is 0 Å². The Morgan fingerprint density at radius 1 is 1.53 bits per heavy atom. The first-order valence-electron chi connectivity index (χ1n) is 5.04. The van der Waals surface area contributed by atoms with Crippen molar-refractivity contribution in [3.05, 3.63) is 24.8 Å². The van der Waals surface area contributed by atoms with Crippen molar-refractivity contribution in [2.24, 2.45) is 4.99 Å². The first kappa shape index (κ1) is 14.7. The fourth-order valence-corrected chi connectivity index (χ4v) is 0.878. The molecule has 0 fully saturated rings. The van der Waals surface area contributed by atoms with Crippen molar-refractivity contribution >= 4 is 18.6 Å². The SMILES string of the molecule is C=CNCCC=N/C(=C\NC)NC(=N)NC=O. The molecule has 0 aliphatic rings. The van der Waals surface area contributed by atoms with Crippen molar-refractivity contribution in [3.8, 4) is 0 Å². The van der Waals surface area contributed by atoms with E-state index < -0.39 is 0 Å². The molecule has 0 unspecified atom stereocenters. The minimum atomic E-state index is -0.136. The van der Waals surface area contributed by atoms with Crippen LogP contribution in [-0.2, 0) is 4.79 Å². The third kappa shape index (κ3) is 8.67. The molecule has 1 amide bonds. The second kappa shape index (κ2) is 10.2. The van der Waals surface area contributed by atoms with Gasteiger partial charge in [-0.05, 0) is 6.20 Å². The lowest BCUT2D eigenvalue weighted by atomic mass is 10.4. The summed E-state index contributed by atoms with van der Waals surface area (Å²) in [6, 6.07) is 0. The van der Waals surface area contributed by atoms with Gasteiger partial charge in [0.25, 0.3) is 0 Å². The van der Waals surface area contributed by atoms with E-state index in [0.29, 0.717) is 12.2 Å². The van der Waals surface area contributed by atoms with Crippen molar-refractivity contribution in [1.29, 1.82) is 5.41 Å². The number of hydrogen-bond acceptors (Lipinski definition) is 5. The van der Waals surface area contributed by atoms with Crippen molar-refractivity contribution in [1.82, 2.24) is 21.3 Å². The van der Waals surface area contributed by atoms with Gasteiger partial charge >= 0.3 is 0 Å². The first-order valence-corrected chi connectivity index (χ1v) is 5.04. The number of nitrogens with one attached hydrogen (secondary N) is 5. The number of carbonyl (C=O) groups excluding carboxylic acids is 1. The topological polar surface area (TPSA) is 101 Å². The van der Waals surface area contributed by atoms with Gasteiger partial charge in [0.2, 0.25) is 12.4 Å². The van der Waals surface area contributed by atoms with Gasteiger partial charge in [0, 0.05) is 32.4 Å². The minimum Gasteiger partial charge on any atom is -0.391 e. The van der Waals surface area contributed by atoms with Crippen LogP contribution in [0.5, 0.6) is 0 Å². The van der Waals surface area contributed by atoms with E-state index in [1.165, 1.54) is 0 Å². The summed E-state index contributed by atoms with van der Waals surface area (Å²) in [6.45, 7) is 4.26. The number of guanidine groups is 1. The van der Waals surface area contributed by atoms with E-state index in [9.17, 15) is 4.79 Å². The molecule has 0 saturated heterocycles. The van der Waals surface area contributed by atoms with Gasteiger partial charge in [-0.15, -0.1) is 0 Å². The van der Waals surface area contributed by atoms with Crippen LogP contribution in [0.1, 0.15) is 6.42 Å². The summed E-state index contributed by atoms with van der Waals surface area (Å²) < 4.78 is 0. The van der Waals surface area contributed by atoms with Crippen molar-refractivity contribution < 1.29 is 4.79 Å². The zero-order valence-corrected chi connectivity index (χ0v) is 9.79. The van der Waals surface area contributed by atoms with Gasteiger partial charge in [-0.2, -0.15) is 0 Å². The Kier molecular flexibility index (Phi) is 8.83. The van der Waals surface area contributed by atoms with E-state index in [0.717, 1.165) is 13.0 Å². The summed E-state index contributed by atoms with van der Waals surface area (Å²) in [4.78, 5) is 14.2. The van der Waals surface area contributed by atoms with Gasteiger partial charge < -0.3 is 16.0 Å². The molecule has 0 atom stereocenters. The Morgan fingerprint density at radius 2 is 2.29 bits per heavy atom. The van der Waals surface area contributed by atoms with Gasteiger partial charge in [0.1, 0.15) is 5.82 Å². The second-order valence-corrected chi connectivity index (χ2v) is 2.84. The lowest BCUT2D eigenvalue weighted by Gasteiger charge is -2.06. The third-order valence-corrected chi connectivity index (χ3v) is 1.53. The highest BCUT2D eigenvalue weighted by Crippen LogP contribution is 1.88. The number of aliphatic imine (C=N–C) groups is 1. The first-order chi connectivity index (χ1) is 8.24. The molecular formula is C10H18N6O. The number of carbonyl (C=O) groups is 1. The van der Waals surface area contributed by atoms with Crippen LogP contribution in [0.4, 0.5) is 0 Å². The summed E-state index contributed by atoms with van der Waals surface area (Å²) in [5.41, 5.74) is 0. The summed E-state index contributed by atoms with van der Waals surface area (Å²) in [5, 5.41) is 17.8. The lowest BCUT2D eigenvalue weighted by Crippen LogP contribution is -2.34. The predicted octanol–water partition coefficient (Wildman–Crippen LogP) is -0.531. The van der Waals surface area contributed by atoms with Crippen LogP contribution in [0.15, 0.2) is 29.8 Å². The third-order valence-electron chi connectivity index (χ3n) is 1.53. The standard InChI is InChI=1S/C10H18N6O/c1-3-13-5-4-6-14-9(7-12-2)16-10(11)15-8-17/h3,6-8,12-13H,1,4-5H2,2H3,(H3,11,15,16,17)/b9-7+,14-6?. The monoisotopic (exact) mass is 238 g/mol. The summed E-state index contributed by atoms with van der Waals surface area (Å²) in [5.74, 6) is 0.299. The van der Waals surface area contributed by atoms with Crippen molar-refractivity contribution in [2.75, 3.05) is 13.6 Å². The van der Waals surface area contributed by atoms with Crippen LogP contribution < -0.4 is 21.3 Å².